The molecule has 0 fully saturated rings. The van der Waals surface area contributed by atoms with Gasteiger partial charge in [-0.05, 0) is 35.9 Å². The number of amides is 1. The molecule has 0 saturated heterocycles. The number of rotatable bonds is 7. The van der Waals surface area contributed by atoms with E-state index in [0.29, 0.717) is 5.56 Å². The molecule has 11 heteroatoms. The molecular weight excluding hydrogens is 397 g/mol. The molecule has 29 heavy (non-hydrogen) atoms. The van der Waals surface area contributed by atoms with E-state index in [4.69, 9.17) is 10.5 Å². The maximum absolute atomic E-state index is 12.1. The fourth-order valence-electron chi connectivity index (χ4n) is 2.15. The summed E-state index contributed by atoms with van der Waals surface area (Å²) in [6, 6.07) is 8.21. The molecule has 0 unspecified atom stereocenters. The lowest BCUT2D eigenvalue weighted by molar-refractivity contribution is -0.385. The highest BCUT2D eigenvalue weighted by Gasteiger charge is 2.30. The molecule has 0 atom stereocenters. The molecule has 2 aromatic carbocycles. The molecule has 0 aliphatic heterocycles. The number of carbonyl (C=O) groups is 2. The van der Waals surface area contributed by atoms with Gasteiger partial charge >= 0.3 is 12.3 Å². The Morgan fingerprint density at radius 1 is 1.14 bits per heavy atom. The normalized spacial score (nSPS) is 11.3. The molecule has 8 nitrogen and oxygen atoms in total. The van der Waals surface area contributed by atoms with Crippen molar-refractivity contribution < 1.29 is 37.2 Å². The van der Waals surface area contributed by atoms with Gasteiger partial charge in [0, 0.05) is 17.7 Å². The lowest BCUT2D eigenvalue weighted by Crippen LogP contribution is -2.16. The number of esters is 1. The number of nitro groups is 1. The average Bonchev–Trinajstić information content (AvgIpc) is 2.64. The van der Waals surface area contributed by atoms with Crippen LogP contribution in [-0.4, -0.2) is 23.2 Å². The SMILES string of the molecule is NC(=O)c1ccc(COC(=O)/C=C/c2ccc(OC(F)(F)F)cc2)c([N+](=O)[O-])c1. The minimum atomic E-state index is -4.81. The molecule has 0 heterocycles. The van der Waals surface area contributed by atoms with E-state index in [1.807, 2.05) is 0 Å². The Balaban J connectivity index is 1.99. The third-order valence-corrected chi connectivity index (χ3v) is 3.46. The minimum absolute atomic E-state index is 0.0513. The zero-order valence-electron chi connectivity index (χ0n) is 14.5. The van der Waals surface area contributed by atoms with Crippen molar-refractivity contribution in [3.05, 3.63) is 75.3 Å². The topological polar surface area (TPSA) is 122 Å². The fraction of sp³-hybridized carbons (Fsp3) is 0.111. The summed E-state index contributed by atoms with van der Waals surface area (Å²) >= 11 is 0. The number of carbonyl (C=O) groups excluding carboxylic acids is 2. The van der Waals surface area contributed by atoms with Gasteiger partial charge in [0.05, 0.1) is 10.5 Å². The summed E-state index contributed by atoms with van der Waals surface area (Å²) in [5, 5.41) is 11.1. The van der Waals surface area contributed by atoms with E-state index >= 15 is 0 Å². The van der Waals surface area contributed by atoms with Crippen LogP contribution in [0.4, 0.5) is 18.9 Å². The van der Waals surface area contributed by atoms with Crippen LogP contribution in [0.3, 0.4) is 0 Å². The third kappa shape index (κ3) is 6.65. The lowest BCUT2D eigenvalue weighted by Gasteiger charge is -2.08. The first-order chi connectivity index (χ1) is 13.5. The first-order valence-corrected chi connectivity index (χ1v) is 7.83. The van der Waals surface area contributed by atoms with E-state index in [1.54, 1.807) is 0 Å². The number of hydrogen-bond donors (Lipinski definition) is 1. The Hall–Kier alpha value is -3.89. The monoisotopic (exact) mass is 410 g/mol. The quantitative estimate of drug-likeness (QED) is 0.323. The molecule has 1 amide bonds. The van der Waals surface area contributed by atoms with Crippen LogP contribution in [0.15, 0.2) is 48.5 Å². The van der Waals surface area contributed by atoms with Crippen LogP contribution in [0, 0.1) is 10.1 Å². The minimum Gasteiger partial charge on any atom is -0.457 e. The second-order valence-electron chi connectivity index (χ2n) is 5.52. The van der Waals surface area contributed by atoms with Gasteiger partial charge in [-0.3, -0.25) is 14.9 Å². The van der Waals surface area contributed by atoms with Crippen molar-refractivity contribution in [3.8, 4) is 5.75 Å². The predicted molar refractivity (Wildman–Crippen MR) is 93.6 cm³/mol. The molecular formula is C18H13F3N2O6. The summed E-state index contributed by atoms with van der Waals surface area (Å²) in [7, 11) is 0. The number of benzene rings is 2. The van der Waals surface area contributed by atoms with Gasteiger partial charge < -0.3 is 15.2 Å². The van der Waals surface area contributed by atoms with Crippen LogP contribution < -0.4 is 10.5 Å². The molecule has 0 saturated carbocycles. The number of ether oxygens (including phenoxy) is 2. The molecule has 0 aromatic heterocycles. The van der Waals surface area contributed by atoms with Crippen LogP contribution in [-0.2, 0) is 16.1 Å². The zero-order chi connectivity index (χ0) is 21.6. The summed E-state index contributed by atoms with van der Waals surface area (Å²) in [4.78, 5) is 33.2. The van der Waals surface area contributed by atoms with E-state index in [-0.39, 0.29) is 11.1 Å². The largest absolute Gasteiger partial charge is 0.573 e. The Kier molecular flexibility index (Phi) is 6.55. The summed E-state index contributed by atoms with van der Waals surface area (Å²) in [5.41, 5.74) is 5.02. The average molecular weight is 410 g/mol. The Bertz CT molecular complexity index is 955. The summed E-state index contributed by atoms with van der Waals surface area (Å²) in [5.74, 6) is -2.09. The van der Waals surface area contributed by atoms with Crippen LogP contribution in [0.25, 0.3) is 6.08 Å². The van der Waals surface area contributed by atoms with Gasteiger partial charge in [0.1, 0.15) is 12.4 Å². The predicted octanol–water partition coefficient (Wildman–Crippen LogP) is 3.35. The summed E-state index contributed by atoms with van der Waals surface area (Å²) < 4.78 is 44.9. The summed E-state index contributed by atoms with van der Waals surface area (Å²) in [6.07, 6.45) is -2.52. The van der Waals surface area contributed by atoms with Crippen molar-refractivity contribution in [2.75, 3.05) is 0 Å². The number of nitrogens with two attached hydrogens (primary N) is 1. The van der Waals surface area contributed by atoms with E-state index < -0.39 is 41.2 Å². The van der Waals surface area contributed by atoms with Gasteiger partial charge in [-0.2, -0.15) is 0 Å². The van der Waals surface area contributed by atoms with Crippen molar-refractivity contribution >= 4 is 23.6 Å². The molecule has 2 aromatic rings. The van der Waals surface area contributed by atoms with Crippen molar-refractivity contribution in [1.29, 1.82) is 0 Å². The molecule has 0 bridgehead atoms. The van der Waals surface area contributed by atoms with E-state index in [1.165, 1.54) is 30.3 Å². The number of nitrogens with zero attached hydrogens (tertiary/aromatic N) is 1. The van der Waals surface area contributed by atoms with Gasteiger partial charge in [0.2, 0.25) is 5.91 Å². The van der Waals surface area contributed by atoms with E-state index in [0.717, 1.165) is 24.3 Å². The summed E-state index contributed by atoms with van der Waals surface area (Å²) in [6.45, 7) is -0.434. The molecule has 2 N–H and O–H groups in total. The second kappa shape index (κ2) is 8.87. The van der Waals surface area contributed by atoms with E-state index in [2.05, 4.69) is 4.74 Å². The van der Waals surface area contributed by atoms with Gasteiger partial charge in [0.15, 0.2) is 0 Å². The van der Waals surface area contributed by atoms with Gasteiger partial charge in [0.25, 0.3) is 5.69 Å². The van der Waals surface area contributed by atoms with Crippen LogP contribution in [0.1, 0.15) is 21.5 Å². The third-order valence-electron chi connectivity index (χ3n) is 3.46. The van der Waals surface area contributed by atoms with Gasteiger partial charge in [-0.15, -0.1) is 13.2 Å². The molecule has 0 radical (unpaired) electrons. The molecule has 0 spiro atoms. The van der Waals surface area contributed by atoms with E-state index in [9.17, 15) is 32.9 Å². The number of nitro benzene ring substituents is 1. The first-order valence-electron chi connectivity index (χ1n) is 7.83. The van der Waals surface area contributed by atoms with Crippen molar-refractivity contribution in [2.45, 2.75) is 13.0 Å². The standard InChI is InChI=1S/C18H13F3N2O6/c19-18(20,21)29-14-6-1-11(2-7-14)3-8-16(24)28-10-13-5-4-12(17(22)25)9-15(13)23(26)27/h1-9H,10H2,(H2,22,25)/b8-3+. The van der Waals surface area contributed by atoms with Gasteiger partial charge in [-0.25, -0.2) is 4.79 Å². The maximum Gasteiger partial charge on any atom is 0.573 e. The van der Waals surface area contributed by atoms with Gasteiger partial charge in [-0.1, -0.05) is 12.1 Å². The molecule has 0 aliphatic carbocycles. The number of alkyl halides is 3. The smallest absolute Gasteiger partial charge is 0.457 e. The van der Waals surface area contributed by atoms with Crippen molar-refractivity contribution in [1.82, 2.24) is 0 Å². The molecule has 0 aliphatic rings. The van der Waals surface area contributed by atoms with Crippen LogP contribution >= 0.6 is 0 Å². The highest BCUT2D eigenvalue weighted by molar-refractivity contribution is 5.93. The zero-order valence-corrected chi connectivity index (χ0v) is 14.5. The molecule has 152 valence electrons. The number of hydrogen-bond acceptors (Lipinski definition) is 6. The van der Waals surface area contributed by atoms with Crippen molar-refractivity contribution in [3.63, 3.8) is 0 Å². The van der Waals surface area contributed by atoms with Crippen LogP contribution in [0.5, 0.6) is 5.75 Å². The Labute approximate surface area is 161 Å². The number of halogens is 3. The highest BCUT2D eigenvalue weighted by atomic mass is 19.4. The second-order valence-corrected chi connectivity index (χ2v) is 5.52. The Morgan fingerprint density at radius 2 is 1.79 bits per heavy atom. The molecule has 2 rings (SSSR count). The number of primary amides is 1. The highest BCUT2D eigenvalue weighted by Crippen LogP contribution is 2.23. The maximum atomic E-state index is 12.1. The van der Waals surface area contributed by atoms with Crippen molar-refractivity contribution in [2.24, 2.45) is 5.73 Å². The fourth-order valence-corrected chi connectivity index (χ4v) is 2.15. The lowest BCUT2D eigenvalue weighted by atomic mass is 10.1. The van der Waals surface area contributed by atoms with Crippen LogP contribution in [0.2, 0.25) is 0 Å². The first kappa shape index (κ1) is 21.4. The Morgan fingerprint density at radius 3 is 2.34 bits per heavy atom.